The van der Waals surface area contributed by atoms with Gasteiger partial charge in [0, 0.05) is 29.9 Å². The smallest absolute Gasteiger partial charge is 0.275 e. The van der Waals surface area contributed by atoms with Crippen molar-refractivity contribution in [3.8, 4) is 5.75 Å². The van der Waals surface area contributed by atoms with Gasteiger partial charge in [0.15, 0.2) is 6.10 Å². The van der Waals surface area contributed by atoms with Gasteiger partial charge in [0.05, 0.1) is 17.2 Å². The summed E-state index contributed by atoms with van der Waals surface area (Å²) in [4.78, 5) is 36.2. The Labute approximate surface area is 201 Å². The van der Waals surface area contributed by atoms with Crippen molar-refractivity contribution in [2.75, 3.05) is 5.32 Å². The van der Waals surface area contributed by atoms with E-state index < -0.39 is 12.0 Å². The number of carbonyl (C=O) groups is 2. The van der Waals surface area contributed by atoms with Crippen molar-refractivity contribution < 1.29 is 18.7 Å². The summed E-state index contributed by atoms with van der Waals surface area (Å²) in [6, 6.07) is 18.9. The van der Waals surface area contributed by atoms with E-state index in [0.717, 1.165) is 0 Å². The lowest BCUT2D eigenvalue weighted by Crippen LogP contribution is -2.39. The molecule has 3 aromatic carbocycles. The monoisotopic (exact) mass is 470 g/mol. The number of hydrogen-bond donors (Lipinski definition) is 1. The number of nitrogens with one attached hydrogen (secondary N) is 1. The molecule has 0 saturated carbocycles. The number of para-hydroxylation sites is 2. The molecule has 1 atom stereocenters. The average Bonchev–Trinajstić information content (AvgIpc) is 3.01. The molecule has 35 heavy (non-hydrogen) atoms. The van der Waals surface area contributed by atoms with E-state index in [9.17, 15) is 14.0 Å². The van der Waals surface area contributed by atoms with Crippen molar-refractivity contribution in [3.63, 3.8) is 0 Å². The van der Waals surface area contributed by atoms with Crippen LogP contribution in [0.1, 0.15) is 35.0 Å². The summed E-state index contributed by atoms with van der Waals surface area (Å²) in [6.07, 6.45) is 1.24. The Balaban J connectivity index is 1.40. The van der Waals surface area contributed by atoms with Gasteiger partial charge in [0.1, 0.15) is 17.3 Å². The SMILES string of the molecule is CCC1Oc2ccc(NC(=O)c3cnc4ccccc4n3)cc2CN(Cc2ccccc2F)C1=O. The molecule has 0 aliphatic carbocycles. The van der Waals surface area contributed by atoms with Crippen molar-refractivity contribution in [2.45, 2.75) is 32.5 Å². The van der Waals surface area contributed by atoms with E-state index in [4.69, 9.17) is 4.74 Å². The van der Waals surface area contributed by atoms with Gasteiger partial charge in [-0.25, -0.2) is 9.37 Å². The van der Waals surface area contributed by atoms with Crippen LogP contribution >= 0.6 is 0 Å². The van der Waals surface area contributed by atoms with Crippen LogP contribution in [-0.2, 0) is 17.9 Å². The second-order valence-corrected chi connectivity index (χ2v) is 8.32. The van der Waals surface area contributed by atoms with Gasteiger partial charge in [-0.3, -0.25) is 14.6 Å². The molecule has 0 spiro atoms. The number of aromatic nitrogens is 2. The highest BCUT2D eigenvalue weighted by Crippen LogP contribution is 2.30. The third-order valence-electron chi connectivity index (χ3n) is 5.91. The summed E-state index contributed by atoms with van der Waals surface area (Å²) in [5.74, 6) is -0.409. The van der Waals surface area contributed by atoms with E-state index in [1.807, 2.05) is 25.1 Å². The molecule has 1 aliphatic heterocycles. The van der Waals surface area contributed by atoms with E-state index in [-0.39, 0.29) is 30.5 Å². The van der Waals surface area contributed by atoms with Gasteiger partial charge >= 0.3 is 0 Å². The molecular formula is C27H23FN4O3. The zero-order valence-electron chi connectivity index (χ0n) is 19.1. The standard InChI is InChI=1S/C27H23FN4O3/c1-2-24-27(34)32(15-17-7-3-4-8-20(17)28)16-18-13-19(11-12-25(18)35-24)30-26(33)23-14-29-21-9-5-6-10-22(21)31-23/h3-14,24H,2,15-16H2,1H3,(H,30,33). The van der Waals surface area contributed by atoms with Gasteiger partial charge in [-0.2, -0.15) is 0 Å². The van der Waals surface area contributed by atoms with E-state index in [1.165, 1.54) is 12.3 Å². The van der Waals surface area contributed by atoms with Crippen LogP contribution in [0.2, 0.25) is 0 Å². The van der Waals surface area contributed by atoms with E-state index in [2.05, 4.69) is 15.3 Å². The van der Waals surface area contributed by atoms with Crippen LogP contribution in [0.15, 0.2) is 72.9 Å². The minimum Gasteiger partial charge on any atom is -0.480 e. The molecule has 1 aromatic heterocycles. The summed E-state index contributed by atoms with van der Waals surface area (Å²) in [6.45, 7) is 2.21. The molecule has 1 aliphatic rings. The van der Waals surface area contributed by atoms with Crippen LogP contribution < -0.4 is 10.1 Å². The number of nitrogens with zero attached hydrogens (tertiary/aromatic N) is 3. The van der Waals surface area contributed by atoms with Crippen LogP contribution in [0.4, 0.5) is 10.1 Å². The maximum Gasteiger partial charge on any atom is 0.275 e. The Hall–Kier alpha value is -4.33. The summed E-state index contributed by atoms with van der Waals surface area (Å²) in [7, 11) is 0. The van der Waals surface area contributed by atoms with Gasteiger partial charge in [0.25, 0.3) is 11.8 Å². The van der Waals surface area contributed by atoms with Crippen LogP contribution in [0.3, 0.4) is 0 Å². The van der Waals surface area contributed by atoms with Crippen molar-refractivity contribution in [2.24, 2.45) is 0 Å². The van der Waals surface area contributed by atoms with Gasteiger partial charge in [0.2, 0.25) is 0 Å². The molecule has 5 rings (SSSR count). The predicted molar refractivity (Wildman–Crippen MR) is 129 cm³/mol. The number of amides is 2. The third-order valence-corrected chi connectivity index (χ3v) is 5.91. The molecular weight excluding hydrogens is 447 g/mol. The minimum absolute atomic E-state index is 0.119. The number of rotatable bonds is 5. The third kappa shape index (κ3) is 4.68. The number of halogens is 1. The van der Waals surface area contributed by atoms with E-state index in [0.29, 0.717) is 40.0 Å². The van der Waals surface area contributed by atoms with Gasteiger partial charge in [-0.15, -0.1) is 0 Å². The van der Waals surface area contributed by atoms with E-state index in [1.54, 1.807) is 47.4 Å². The molecule has 2 heterocycles. The summed E-state index contributed by atoms with van der Waals surface area (Å²) in [5.41, 5.74) is 3.20. The molecule has 4 aromatic rings. The fourth-order valence-corrected chi connectivity index (χ4v) is 4.07. The first-order valence-corrected chi connectivity index (χ1v) is 11.4. The molecule has 1 N–H and O–H groups in total. The summed E-state index contributed by atoms with van der Waals surface area (Å²) < 4.78 is 20.3. The molecule has 0 saturated heterocycles. The first-order chi connectivity index (χ1) is 17.0. The summed E-state index contributed by atoms with van der Waals surface area (Å²) in [5, 5.41) is 2.84. The van der Waals surface area contributed by atoms with Gasteiger partial charge in [-0.05, 0) is 42.8 Å². The number of carbonyl (C=O) groups excluding carboxylic acids is 2. The van der Waals surface area contributed by atoms with Crippen LogP contribution in [0, 0.1) is 5.82 Å². The fourth-order valence-electron chi connectivity index (χ4n) is 4.07. The van der Waals surface area contributed by atoms with Crippen LogP contribution in [-0.4, -0.2) is 32.8 Å². The zero-order valence-corrected chi connectivity index (χ0v) is 19.1. The van der Waals surface area contributed by atoms with Crippen molar-refractivity contribution >= 4 is 28.5 Å². The molecule has 0 bridgehead atoms. The maximum atomic E-state index is 14.3. The molecule has 7 nitrogen and oxygen atoms in total. The number of ether oxygens (including phenoxy) is 1. The Morgan fingerprint density at radius 3 is 2.69 bits per heavy atom. The molecule has 2 amide bonds. The Bertz CT molecular complexity index is 1420. The Kier molecular flexibility index (Phi) is 6.10. The highest BCUT2D eigenvalue weighted by molar-refractivity contribution is 6.03. The fraction of sp³-hybridized carbons (Fsp3) is 0.185. The minimum atomic E-state index is -0.670. The average molecular weight is 471 g/mol. The number of hydrogen-bond acceptors (Lipinski definition) is 5. The topological polar surface area (TPSA) is 84.4 Å². The Morgan fingerprint density at radius 1 is 1.11 bits per heavy atom. The first-order valence-electron chi connectivity index (χ1n) is 11.4. The predicted octanol–water partition coefficient (Wildman–Crippen LogP) is 4.72. The molecule has 8 heteroatoms. The zero-order chi connectivity index (χ0) is 24.4. The maximum absolute atomic E-state index is 14.3. The van der Waals surface area contributed by atoms with Crippen LogP contribution in [0.25, 0.3) is 11.0 Å². The van der Waals surface area contributed by atoms with Crippen molar-refractivity contribution in [1.29, 1.82) is 0 Å². The Morgan fingerprint density at radius 2 is 1.89 bits per heavy atom. The van der Waals surface area contributed by atoms with Gasteiger partial charge in [-0.1, -0.05) is 37.3 Å². The largest absolute Gasteiger partial charge is 0.480 e. The number of fused-ring (bicyclic) bond motifs is 2. The molecule has 0 radical (unpaired) electrons. The lowest BCUT2D eigenvalue weighted by molar-refractivity contribution is -0.139. The van der Waals surface area contributed by atoms with Crippen LogP contribution in [0.5, 0.6) is 5.75 Å². The lowest BCUT2D eigenvalue weighted by Gasteiger charge is -2.23. The van der Waals surface area contributed by atoms with Crippen molar-refractivity contribution in [3.05, 3.63) is 95.6 Å². The van der Waals surface area contributed by atoms with Crippen molar-refractivity contribution in [1.82, 2.24) is 14.9 Å². The summed E-state index contributed by atoms with van der Waals surface area (Å²) >= 11 is 0. The van der Waals surface area contributed by atoms with E-state index >= 15 is 0 Å². The second-order valence-electron chi connectivity index (χ2n) is 8.32. The highest BCUT2D eigenvalue weighted by Gasteiger charge is 2.30. The van der Waals surface area contributed by atoms with Gasteiger partial charge < -0.3 is 15.0 Å². The number of benzene rings is 3. The lowest BCUT2D eigenvalue weighted by atomic mass is 10.1. The quantitative estimate of drug-likeness (QED) is 0.456. The molecule has 0 fully saturated rings. The highest BCUT2D eigenvalue weighted by atomic mass is 19.1. The molecule has 176 valence electrons. The number of anilines is 1. The molecule has 1 unspecified atom stereocenters. The normalized spacial score (nSPS) is 15.3. The first kappa shape index (κ1) is 22.5. The second kappa shape index (κ2) is 9.50.